The molecule has 1 atom stereocenters. The van der Waals surface area contributed by atoms with E-state index in [-0.39, 0.29) is 24.2 Å². The quantitative estimate of drug-likeness (QED) is 0.670. The highest BCUT2D eigenvalue weighted by molar-refractivity contribution is 5.89. The van der Waals surface area contributed by atoms with Crippen molar-refractivity contribution in [2.75, 3.05) is 13.1 Å². The van der Waals surface area contributed by atoms with Gasteiger partial charge in [0.1, 0.15) is 0 Å². The van der Waals surface area contributed by atoms with Crippen LogP contribution in [-0.2, 0) is 22.6 Å². The second kappa shape index (κ2) is 8.68. The Bertz CT molecular complexity index is 971. The zero-order valence-electron chi connectivity index (χ0n) is 16.1. The molecule has 1 aromatic carbocycles. The first-order valence-corrected chi connectivity index (χ1v) is 9.74. The van der Waals surface area contributed by atoms with E-state index in [0.717, 1.165) is 17.1 Å². The van der Waals surface area contributed by atoms with Crippen molar-refractivity contribution in [1.82, 2.24) is 25.0 Å². The van der Waals surface area contributed by atoms with E-state index in [4.69, 9.17) is 0 Å². The Kier molecular flexibility index (Phi) is 5.65. The van der Waals surface area contributed by atoms with Crippen LogP contribution in [0.5, 0.6) is 0 Å². The van der Waals surface area contributed by atoms with E-state index < -0.39 is 0 Å². The number of carbonyl (C=O) groups excluding carboxylic acids is 2. The highest BCUT2D eigenvalue weighted by Crippen LogP contribution is 2.19. The zero-order valence-corrected chi connectivity index (χ0v) is 16.1. The van der Waals surface area contributed by atoms with E-state index in [0.29, 0.717) is 26.1 Å². The first kappa shape index (κ1) is 18.9. The summed E-state index contributed by atoms with van der Waals surface area (Å²) in [5, 5.41) is 7.49. The molecule has 3 heterocycles. The SMILES string of the molecule is O=C(NCCc1ccn(-c2ccccc2)n1)C1CC(=O)N(Cc2ccccn2)C1. The molecule has 148 valence electrons. The van der Waals surface area contributed by atoms with Gasteiger partial charge in [-0.2, -0.15) is 5.10 Å². The highest BCUT2D eigenvalue weighted by Gasteiger charge is 2.34. The van der Waals surface area contributed by atoms with Gasteiger partial charge in [-0.15, -0.1) is 0 Å². The molecule has 7 nitrogen and oxygen atoms in total. The molecule has 0 aliphatic carbocycles. The van der Waals surface area contributed by atoms with E-state index in [2.05, 4.69) is 15.4 Å². The lowest BCUT2D eigenvalue weighted by Gasteiger charge is -2.16. The lowest BCUT2D eigenvalue weighted by Crippen LogP contribution is -2.34. The normalized spacial score (nSPS) is 16.2. The minimum Gasteiger partial charge on any atom is -0.355 e. The van der Waals surface area contributed by atoms with Crippen LogP contribution in [-0.4, -0.2) is 44.6 Å². The van der Waals surface area contributed by atoms with Crippen LogP contribution in [0.25, 0.3) is 5.69 Å². The molecule has 1 fully saturated rings. The topological polar surface area (TPSA) is 80.1 Å². The molecular formula is C22H23N5O2. The van der Waals surface area contributed by atoms with E-state index in [1.807, 2.05) is 65.5 Å². The Morgan fingerprint density at radius 2 is 1.90 bits per heavy atom. The number of hydrogen-bond acceptors (Lipinski definition) is 4. The summed E-state index contributed by atoms with van der Waals surface area (Å²) >= 11 is 0. The highest BCUT2D eigenvalue weighted by atomic mass is 16.2. The molecule has 0 spiro atoms. The lowest BCUT2D eigenvalue weighted by atomic mass is 10.1. The Labute approximate surface area is 169 Å². The number of hydrogen-bond donors (Lipinski definition) is 1. The van der Waals surface area contributed by atoms with Gasteiger partial charge >= 0.3 is 0 Å². The molecule has 0 saturated carbocycles. The molecule has 4 rings (SSSR count). The summed E-state index contributed by atoms with van der Waals surface area (Å²) in [5.41, 5.74) is 2.74. The molecule has 29 heavy (non-hydrogen) atoms. The number of rotatable bonds is 7. The Balaban J connectivity index is 1.25. The van der Waals surface area contributed by atoms with Crippen molar-refractivity contribution in [1.29, 1.82) is 0 Å². The smallest absolute Gasteiger partial charge is 0.225 e. The van der Waals surface area contributed by atoms with Crippen LogP contribution in [0, 0.1) is 5.92 Å². The van der Waals surface area contributed by atoms with Crippen molar-refractivity contribution in [3.8, 4) is 5.69 Å². The monoisotopic (exact) mass is 389 g/mol. The maximum absolute atomic E-state index is 12.5. The summed E-state index contributed by atoms with van der Waals surface area (Å²) in [7, 11) is 0. The summed E-state index contributed by atoms with van der Waals surface area (Å²) in [6.45, 7) is 1.37. The maximum atomic E-state index is 12.5. The Hall–Kier alpha value is -3.48. The van der Waals surface area contributed by atoms with Crippen LogP contribution < -0.4 is 5.32 Å². The number of benzene rings is 1. The van der Waals surface area contributed by atoms with Crippen molar-refractivity contribution in [2.45, 2.75) is 19.4 Å². The number of nitrogens with zero attached hydrogens (tertiary/aromatic N) is 4. The molecule has 7 heteroatoms. The molecule has 0 bridgehead atoms. The van der Waals surface area contributed by atoms with E-state index in [9.17, 15) is 9.59 Å². The van der Waals surface area contributed by atoms with E-state index in [1.165, 1.54) is 0 Å². The van der Waals surface area contributed by atoms with Crippen LogP contribution in [0.15, 0.2) is 67.0 Å². The number of likely N-dealkylation sites (tertiary alicyclic amines) is 1. The maximum Gasteiger partial charge on any atom is 0.225 e. The molecule has 3 aromatic rings. The predicted molar refractivity (Wildman–Crippen MR) is 108 cm³/mol. The first-order valence-electron chi connectivity index (χ1n) is 9.74. The summed E-state index contributed by atoms with van der Waals surface area (Å²) < 4.78 is 1.82. The first-order chi connectivity index (χ1) is 14.2. The second-order valence-corrected chi connectivity index (χ2v) is 7.12. The average Bonchev–Trinajstić information content (AvgIpc) is 3.37. The van der Waals surface area contributed by atoms with E-state index >= 15 is 0 Å². The summed E-state index contributed by atoms with van der Waals surface area (Å²) in [5.74, 6) is -0.394. The van der Waals surface area contributed by atoms with Gasteiger partial charge in [-0.25, -0.2) is 4.68 Å². The van der Waals surface area contributed by atoms with Crippen molar-refractivity contribution >= 4 is 11.8 Å². The van der Waals surface area contributed by atoms with Crippen LogP contribution in [0.4, 0.5) is 0 Å². The molecule has 1 aliphatic rings. The zero-order chi connectivity index (χ0) is 20.1. The largest absolute Gasteiger partial charge is 0.355 e. The molecule has 0 radical (unpaired) electrons. The number of carbonyl (C=O) groups is 2. The van der Waals surface area contributed by atoms with Crippen LogP contribution in [0.2, 0.25) is 0 Å². The number of para-hydroxylation sites is 1. The Morgan fingerprint density at radius 1 is 1.07 bits per heavy atom. The fourth-order valence-electron chi connectivity index (χ4n) is 3.47. The number of aromatic nitrogens is 3. The molecule has 1 N–H and O–H groups in total. The molecule has 1 aliphatic heterocycles. The van der Waals surface area contributed by atoms with Gasteiger partial charge in [0.2, 0.25) is 11.8 Å². The van der Waals surface area contributed by atoms with Gasteiger partial charge in [-0.3, -0.25) is 14.6 Å². The van der Waals surface area contributed by atoms with Crippen molar-refractivity contribution in [3.63, 3.8) is 0 Å². The van der Waals surface area contributed by atoms with Crippen LogP contribution >= 0.6 is 0 Å². The van der Waals surface area contributed by atoms with Gasteiger partial charge in [0.15, 0.2) is 0 Å². The molecule has 2 aromatic heterocycles. The summed E-state index contributed by atoms with van der Waals surface area (Å²) in [6, 6.07) is 17.5. The van der Waals surface area contributed by atoms with Gasteiger partial charge in [-0.1, -0.05) is 24.3 Å². The van der Waals surface area contributed by atoms with Crippen molar-refractivity contribution in [2.24, 2.45) is 5.92 Å². The van der Waals surface area contributed by atoms with Crippen LogP contribution in [0.3, 0.4) is 0 Å². The Morgan fingerprint density at radius 3 is 2.69 bits per heavy atom. The molecule has 2 amide bonds. The van der Waals surface area contributed by atoms with Crippen LogP contribution in [0.1, 0.15) is 17.8 Å². The van der Waals surface area contributed by atoms with Crippen molar-refractivity contribution < 1.29 is 9.59 Å². The molecule has 1 unspecified atom stereocenters. The third kappa shape index (κ3) is 4.68. The van der Waals surface area contributed by atoms with Crippen molar-refractivity contribution in [3.05, 3.63) is 78.4 Å². The van der Waals surface area contributed by atoms with E-state index in [1.54, 1.807) is 11.1 Å². The fraction of sp³-hybridized carbons (Fsp3) is 0.273. The standard InChI is InChI=1S/C22H23N5O2/c28-21-14-17(15-26(21)16-19-6-4-5-11-23-19)22(29)24-12-9-18-10-13-27(25-18)20-7-2-1-3-8-20/h1-8,10-11,13,17H,9,12,14-16H2,(H,24,29). The summed E-state index contributed by atoms with van der Waals surface area (Å²) in [4.78, 5) is 30.7. The molecular weight excluding hydrogens is 366 g/mol. The number of amides is 2. The number of nitrogens with one attached hydrogen (secondary N) is 1. The lowest BCUT2D eigenvalue weighted by molar-refractivity contribution is -0.129. The predicted octanol–water partition coefficient (Wildman–Crippen LogP) is 1.97. The number of pyridine rings is 1. The van der Waals surface area contributed by atoms with Gasteiger partial charge in [0.05, 0.1) is 29.5 Å². The fourth-order valence-corrected chi connectivity index (χ4v) is 3.47. The third-order valence-electron chi connectivity index (χ3n) is 5.01. The van der Waals surface area contributed by atoms with Gasteiger partial charge in [0, 0.05) is 38.3 Å². The van der Waals surface area contributed by atoms with Gasteiger partial charge in [-0.05, 0) is 30.3 Å². The van der Waals surface area contributed by atoms with Gasteiger partial charge in [0.25, 0.3) is 0 Å². The molecule has 1 saturated heterocycles. The minimum atomic E-state index is -0.312. The minimum absolute atomic E-state index is 0.00240. The second-order valence-electron chi connectivity index (χ2n) is 7.12. The average molecular weight is 389 g/mol. The third-order valence-corrected chi connectivity index (χ3v) is 5.01. The van der Waals surface area contributed by atoms with Gasteiger partial charge < -0.3 is 10.2 Å². The summed E-state index contributed by atoms with van der Waals surface area (Å²) in [6.07, 6.45) is 4.52.